The first-order chi connectivity index (χ1) is 25.2. The Morgan fingerprint density at radius 2 is 0.981 bits per heavy atom. The third-order valence-electron chi connectivity index (χ3n) is 9.89. The van der Waals surface area contributed by atoms with Gasteiger partial charge in [-0.15, -0.1) is 23.5 Å². The average Bonchev–Trinajstić information content (AvgIpc) is 3.54. The van der Waals surface area contributed by atoms with Crippen LogP contribution in [0.2, 0.25) is 0 Å². The quantitative estimate of drug-likeness (QED) is 0.169. The maximum absolute atomic E-state index is 14.0. The Morgan fingerprint density at radius 3 is 1.36 bits per heavy atom. The largest absolute Gasteiger partial charge is 0.419 e. The summed E-state index contributed by atoms with van der Waals surface area (Å²) in [5.41, 5.74) is 2.01. The minimum atomic E-state index is -1.48. The van der Waals surface area contributed by atoms with Crippen molar-refractivity contribution in [3.8, 4) is 0 Å². The van der Waals surface area contributed by atoms with Gasteiger partial charge in [0.2, 0.25) is 23.6 Å². The van der Waals surface area contributed by atoms with Gasteiger partial charge in [0, 0.05) is 15.1 Å². The topological polar surface area (TPSA) is 151 Å². The Morgan fingerprint density at radius 1 is 0.623 bits per heavy atom. The van der Waals surface area contributed by atoms with Gasteiger partial charge in [0.15, 0.2) is 0 Å². The van der Waals surface area contributed by atoms with Crippen molar-refractivity contribution in [1.82, 2.24) is 20.4 Å². The normalized spacial score (nSPS) is 26.6. The molecule has 0 bridgehead atoms. The van der Waals surface area contributed by atoms with E-state index in [0.717, 1.165) is 11.1 Å². The number of β-lactam (4-membered cyclic amide) rings is 2. The molecule has 3 aromatic rings. The van der Waals surface area contributed by atoms with Crippen molar-refractivity contribution in [2.24, 2.45) is 0 Å². The Balaban J connectivity index is 1.03. The van der Waals surface area contributed by atoms with Crippen LogP contribution in [0, 0.1) is 0 Å². The zero-order chi connectivity index (χ0) is 37.7. The Kier molecular flexibility index (Phi) is 9.79. The highest BCUT2D eigenvalue weighted by Gasteiger charge is 2.66. The Bertz CT molecular complexity index is 1810. The van der Waals surface area contributed by atoms with Crippen molar-refractivity contribution in [3.63, 3.8) is 0 Å². The van der Waals surface area contributed by atoms with Crippen molar-refractivity contribution >= 4 is 59.1 Å². The van der Waals surface area contributed by atoms with Crippen LogP contribution in [-0.4, -0.2) is 89.8 Å². The molecule has 14 heteroatoms. The van der Waals surface area contributed by atoms with E-state index in [9.17, 15) is 28.8 Å². The van der Waals surface area contributed by atoms with Crippen LogP contribution in [0.15, 0.2) is 91.0 Å². The molecule has 0 saturated carbocycles. The summed E-state index contributed by atoms with van der Waals surface area (Å²) >= 11 is 2.78. The van der Waals surface area contributed by atoms with E-state index in [-0.39, 0.29) is 24.7 Å². The van der Waals surface area contributed by atoms with E-state index >= 15 is 0 Å². The highest BCUT2D eigenvalue weighted by molar-refractivity contribution is 8.02. The number of thioether (sulfide) groups is 2. The number of hydrogen-bond acceptors (Lipinski definition) is 10. The predicted octanol–water partition coefficient (Wildman–Crippen LogP) is 3.35. The fourth-order valence-corrected chi connectivity index (χ4v) is 10.6. The number of esters is 2. The van der Waals surface area contributed by atoms with Crippen LogP contribution in [-0.2, 0) is 51.1 Å². The Labute approximate surface area is 315 Å². The van der Waals surface area contributed by atoms with E-state index in [1.54, 1.807) is 30.3 Å². The lowest BCUT2D eigenvalue weighted by Crippen LogP contribution is -2.71. The summed E-state index contributed by atoms with van der Waals surface area (Å²) in [6, 6.07) is 23.2. The minimum absolute atomic E-state index is 0.116. The molecule has 4 aliphatic rings. The van der Waals surface area contributed by atoms with Gasteiger partial charge in [-0.3, -0.25) is 19.2 Å². The number of benzene rings is 3. The molecule has 4 amide bonds. The SMILES string of the molecule is CC1(C)S[C@@H]2C(NC(=O)Cc3ccccc3)C(=O)N2[C@H]1C(=O)OC(OC(=O)[C@@H]1N2C(=O)C(NC(=O)Cc3ccccc3)[C@H]2SC1(C)C)c1ccccc1. The fourth-order valence-electron chi connectivity index (χ4n) is 7.37. The second-order valence-electron chi connectivity index (χ2n) is 14.6. The van der Waals surface area contributed by atoms with E-state index in [1.165, 1.54) is 33.3 Å². The summed E-state index contributed by atoms with van der Waals surface area (Å²) < 4.78 is 10.3. The lowest BCUT2D eigenvalue weighted by Gasteiger charge is -2.44. The molecular weight excluding hydrogens is 717 g/mol. The van der Waals surface area contributed by atoms with Crippen molar-refractivity contribution in [3.05, 3.63) is 108 Å². The molecule has 3 aromatic carbocycles. The van der Waals surface area contributed by atoms with E-state index in [1.807, 2.05) is 88.4 Å². The summed E-state index contributed by atoms with van der Waals surface area (Å²) in [5.74, 6) is -2.94. The maximum atomic E-state index is 14.0. The standard InChI is InChI=1S/C39H40N4O8S2/c1-38(2)29(42-31(46)27(33(42)52-38)40-25(44)20-22-14-8-5-9-15-22)35(48)50-37(24-18-12-7-13-19-24)51-36(49)30-39(3,4)53-34-28(32(47)43(30)34)41-26(45)21-23-16-10-6-11-17-23/h5-19,27-30,33-34,37H,20-21H2,1-4H3,(H,40,44)(H,41,45)/t27?,28?,29-,30-,33+,34+,37?/m0/s1. The molecule has 4 aliphatic heterocycles. The number of carbonyl (C=O) groups is 6. The lowest BCUT2D eigenvalue weighted by molar-refractivity contribution is -0.201. The van der Waals surface area contributed by atoms with Crippen LogP contribution < -0.4 is 10.6 Å². The van der Waals surface area contributed by atoms with Gasteiger partial charge in [-0.25, -0.2) is 9.59 Å². The third-order valence-corrected chi connectivity index (χ3v) is 13.0. The predicted molar refractivity (Wildman–Crippen MR) is 198 cm³/mol. The van der Waals surface area contributed by atoms with Gasteiger partial charge in [0.1, 0.15) is 34.9 Å². The first kappa shape index (κ1) is 36.5. The van der Waals surface area contributed by atoms with Gasteiger partial charge in [0.25, 0.3) is 6.29 Å². The van der Waals surface area contributed by atoms with E-state index in [2.05, 4.69) is 10.6 Å². The lowest BCUT2D eigenvalue weighted by atomic mass is 9.95. The van der Waals surface area contributed by atoms with Crippen molar-refractivity contribution in [1.29, 1.82) is 0 Å². The van der Waals surface area contributed by atoms with Gasteiger partial charge in [-0.1, -0.05) is 91.0 Å². The fraction of sp³-hybridized carbons (Fsp3) is 0.385. The van der Waals surface area contributed by atoms with Gasteiger partial charge >= 0.3 is 11.9 Å². The van der Waals surface area contributed by atoms with Crippen molar-refractivity contribution in [2.45, 2.75) is 91.2 Å². The van der Waals surface area contributed by atoms with Crippen molar-refractivity contribution < 1.29 is 38.2 Å². The number of nitrogens with zero attached hydrogens (tertiary/aromatic N) is 2. The molecule has 2 N–H and O–H groups in total. The molecule has 2 unspecified atom stereocenters. The number of hydrogen-bond donors (Lipinski definition) is 2. The summed E-state index contributed by atoms with van der Waals surface area (Å²) in [6.45, 7) is 7.30. The molecule has 0 spiro atoms. The van der Waals surface area contributed by atoms with Crippen LogP contribution in [0.1, 0.15) is 50.7 Å². The summed E-state index contributed by atoms with van der Waals surface area (Å²) in [5, 5.41) is 4.68. The molecular formula is C39H40N4O8S2. The highest BCUT2D eigenvalue weighted by atomic mass is 32.2. The molecule has 7 rings (SSSR count). The molecule has 4 fully saturated rings. The third kappa shape index (κ3) is 7.01. The molecule has 0 aliphatic carbocycles. The molecule has 0 aromatic heterocycles. The molecule has 6 atom stereocenters. The summed E-state index contributed by atoms with van der Waals surface area (Å²) in [6.07, 6.45) is -1.25. The van der Waals surface area contributed by atoms with E-state index in [4.69, 9.17) is 9.47 Å². The van der Waals surface area contributed by atoms with Crippen LogP contribution >= 0.6 is 23.5 Å². The zero-order valence-corrected chi connectivity index (χ0v) is 31.2. The minimum Gasteiger partial charge on any atom is -0.419 e. The molecule has 12 nitrogen and oxygen atoms in total. The van der Waals surface area contributed by atoms with Crippen LogP contribution in [0.25, 0.3) is 0 Å². The molecule has 4 saturated heterocycles. The maximum Gasteiger partial charge on any atom is 0.333 e. The second kappa shape index (κ2) is 14.2. The van der Waals surface area contributed by atoms with Gasteiger partial charge in [-0.05, 0) is 38.8 Å². The van der Waals surface area contributed by atoms with Crippen LogP contribution in [0.4, 0.5) is 0 Å². The first-order valence-electron chi connectivity index (χ1n) is 17.4. The van der Waals surface area contributed by atoms with Crippen LogP contribution in [0.5, 0.6) is 0 Å². The average molecular weight is 757 g/mol. The van der Waals surface area contributed by atoms with Gasteiger partial charge < -0.3 is 29.9 Å². The second-order valence-corrected chi connectivity index (χ2v) is 18.1. The molecule has 0 radical (unpaired) electrons. The number of amides is 4. The molecule has 4 heterocycles. The number of ether oxygens (including phenoxy) is 2. The number of nitrogens with one attached hydrogen (secondary N) is 2. The molecule has 53 heavy (non-hydrogen) atoms. The molecule has 276 valence electrons. The van der Waals surface area contributed by atoms with E-state index < -0.39 is 74.5 Å². The van der Waals surface area contributed by atoms with Gasteiger partial charge in [-0.2, -0.15) is 0 Å². The number of carbonyl (C=O) groups excluding carboxylic acids is 6. The summed E-state index contributed by atoms with van der Waals surface area (Å²) in [7, 11) is 0. The Hall–Kier alpha value is -4.82. The van der Waals surface area contributed by atoms with E-state index in [0.29, 0.717) is 5.56 Å². The monoisotopic (exact) mass is 756 g/mol. The first-order valence-corrected chi connectivity index (χ1v) is 19.1. The summed E-state index contributed by atoms with van der Waals surface area (Å²) in [4.78, 5) is 83.4. The smallest absolute Gasteiger partial charge is 0.333 e. The van der Waals surface area contributed by atoms with Crippen molar-refractivity contribution in [2.75, 3.05) is 0 Å². The zero-order valence-electron chi connectivity index (χ0n) is 29.6. The number of fused-ring (bicyclic) bond motifs is 2. The highest BCUT2D eigenvalue weighted by Crippen LogP contribution is 2.53. The van der Waals surface area contributed by atoms with Gasteiger partial charge in [0.05, 0.1) is 12.8 Å². The van der Waals surface area contributed by atoms with Crippen LogP contribution in [0.3, 0.4) is 0 Å². The number of rotatable bonds is 11.